The van der Waals surface area contributed by atoms with Gasteiger partial charge in [-0.25, -0.2) is 0 Å². The van der Waals surface area contributed by atoms with E-state index in [-0.39, 0.29) is 23.0 Å². The van der Waals surface area contributed by atoms with Crippen LogP contribution < -0.4 is 5.32 Å². The Bertz CT molecular complexity index is 423. The first-order valence-electron chi connectivity index (χ1n) is 7.58. The van der Waals surface area contributed by atoms with Crippen LogP contribution in [0.2, 0.25) is 0 Å². The predicted molar refractivity (Wildman–Crippen MR) is 85.3 cm³/mol. The Morgan fingerprint density at radius 2 is 1.76 bits per heavy atom. The molecule has 0 aliphatic carbocycles. The van der Waals surface area contributed by atoms with Gasteiger partial charge in [-0.3, -0.25) is 13.8 Å². The molecule has 1 aliphatic rings. The Labute approximate surface area is 130 Å². The lowest BCUT2D eigenvalue weighted by atomic mass is 9.93. The molecule has 5 nitrogen and oxygen atoms in total. The highest BCUT2D eigenvalue weighted by Gasteiger charge is 2.42. The van der Waals surface area contributed by atoms with Crippen LogP contribution in [0.5, 0.6) is 0 Å². The molecular weight excluding hydrogens is 288 g/mol. The summed E-state index contributed by atoms with van der Waals surface area (Å²) in [6, 6.07) is -0.920. The van der Waals surface area contributed by atoms with Crippen LogP contribution in [0.25, 0.3) is 0 Å². The molecule has 1 aliphatic heterocycles. The Balaban J connectivity index is 3.00. The van der Waals surface area contributed by atoms with Gasteiger partial charge < -0.3 is 10.2 Å². The van der Waals surface area contributed by atoms with Gasteiger partial charge in [-0.05, 0) is 25.2 Å². The van der Waals surface area contributed by atoms with Crippen molar-refractivity contribution in [1.29, 1.82) is 0 Å². The van der Waals surface area contributed by atoms with Crippen LogP contribution in [-0.2, 0) is 20.4 Å². The zero-order chi connectivity index (χ0) is 16.3. The number of carbonyl (C=O) groups is 2. The molecule has 1 N–H and O–H groups in total. The minimum absolute atomic E-state index is 0.0337. The third kappa shape index (κ3) is 4.53. The average molecular weight is 316 g/mol. The molecule has 122 valence electrons. The molecule has 4 atom stereocenters. The van der Waals surface area contributed by atoms with Gasteiger partial charge >= 0.3 is 0 Å². The number of carbonyl (C=O) groups excluding carboxylic acids is 2. The van der Waals surface area contributed by atoms with Crippen molar-refractivity contribution in [3.05, 3.63) is 0 Å². The van der Waals surface area contributed by atoms with Gasteiger partial charge in [0, 0.05) is 28.9 Å². The highest BCUT2D eigenvalue weighted by atomic mass is 32.2. The molecule has 4 unspecified atom stereocenters. The molecule has 0 bridgehead atoms. The summed E-state index contributed by atoms with van der Waals surface area (Å²) in [5.74, 6) is 0.226. The molecule has 0 spiro atoms. The zero-order valence-electron chi connectivity index (χ0n) is 13.9. The maximum absolute atomic E-state index is 12.7. The van der Waals surface area contributed by atoms with E-state index >= 15 is 0 Å². The van der Waals surface area contributed by atoms with Crippen LogP contribution >= 0.6 is 0 Å². The molecule has 1 rings (SSSR count). The first-order chi connectivity index (χ1) is 9.65. The summed E-state index contributed by atoms with van der Waals surface area (Å²) in [6.45, 7) is 10.1. The Hall–Kier alpha value is -0.910. The topological polar surface area (TPSA) is 66.5 Å². The summed E-state index contributed by atoms with van der Waals surface area (Å²) in [5.41, 5.74) is 0. The molecule has 1 saturated heterocycles. The van der Waals surface area contributed by atoms with Crippen molar-refractivity contribution in [3.63, 3.8) is 0 Å². The third-order valence-electron chi connectivity index (χ3n) is 3.86. The van der Waals surface area contributed by atoms with Crippen LogP contribution in [0.4, 0.5) is 0 Å². The van der Waals surface area contributed by atoms with E-state index < -0.39 is 22.9 Å². The molecular formula is C15H28N2O3S. The number of nitrogens with one attached hydrogen (secondary N) is 1. The van der Waals surface area contributed by atoms with Gasteiger partial charge in [0.1, 0.15) is 12.1 Å². The molecule has 0 saturated carbocycles. The van der Waals surface area contributed by atoms with Crippen molar-refractivity contribution in [2.45, 2.75) is 58.4 Å². The minimum atomic E-state index is -1.01. The van der Waals surface area contributed by atoms with Crippen LogP contribution in [-0.4, -0.2) is 51.1 Å². The molecule has 0 radical (unpaired) electrons. The summed E-state index contributed by atoms with van der Waals surface area (Å²) in [7, 11) is -1.01. The van der Waals surface area contributed by atoms with Crippen molar-refractivity contribution in [3.8, 4) is 0 Å². The number of rotatable bonds is 6. The van der Waals surface area contributed by atoms with E-state index in [2.05, 4.69) is 5.32 Å². The molecule has 21 heavy (non-hydrogen) atoms. The molecule has 1 heterocycles. The van der Waals surface area contributed by atoms with Crippen molar-refractivity contribution in [2.24, 2.45) is 11.8 Å². The molecule has 1 fully saturated rings. The van der Waals surface area contributed by atoms with Gasteiger partial charge in [0.25, 0.3) is 0 Å². The summed E-state index contributed by atoms with van der Waals surface area (Å²) >= 11 is 0. The Morgan fingerprint density at radius 1 is 1.19 bits per heavy atom. The molecule has 0 aromatic heterocycles. The SMILES string of the molecule is CC(C)CC1NC(=O)C(C(C)C)N(CC(C)S(C)=O)C1=O. The third-order valence-corrected chi connectivity index (χ3v) is 5.14. The fourth-order valence-corrected chi connectivity index (χ4v) is 3.05. The first-order valence-corrected chi connectivity index (χ1v) is 9.20. The van der Waals surface area contributed by atoms with Gasteiger partial charge in [0.05, 0.1) is 0 Å². The van der Waals surface area contributed by atoms with E-state index in [4.69, 9.17) is 0 Å². The fraction of sp³-hybridized carbons (Fsp3) is 0.867. The minimum Gasteiger partial charge on any atom is -0.342 e. The van der Waals surface area contributed by atoms with E-state index in [1.54, 1.807) is 11.2 Å². The fourth-order valence-electron chi connectivity index (χ4n) is 2.68. The van der Waals surface area contributed by atoms with Gasteiger partial charge in [-0.1, -0.05) is 27.7 Å². The van der Waals surface area contributed by atoms with Crippen LogP contribution in [0.15, 0.2) is 0 Å². The van der Waals surface area contributed by atoms with Gasteiger partial charge in [0.15, 0.2) is 0 Å². The maximum Gasteiger partial charge on any atom is 0.245 e. The quantitative estimate of drug-likeness (QED) is 0.799. The largest absolute Gasteiger partial charge is 0.342 e. The second kappa shape index (κ2) is 7.38. The monoisotopic (exact) mass is 316 g/mol. The lowest BCUT2D eigenvalue weighted by Gasteiger charge is -2.42. The number of hydrogen-bond donors (Lipinski definition) is 1. The highest BCUT2D eigenvalue weighted by Crippen LogP contribution is 2.21. The van der Waals surface area contributed by atoms with Crippen molar-refractivity contribution < 1.29 is 13.8 Å². The number of piperazine rings is 1. The average Bonchev–Trinajstić information content (AvgIpc) is 2.33. The first kappa shape index (κ1) is 18.1. The van der Waals surface area contributed by atoms with Crippen molar-refractivity contribution in [2.75, 3.05) is 12.8 Å². The van der Waals surface area contributed by atoms with E-state index in [9.17, 15) is 13.8 Å². The van der Waals surface area contributed by atoms with E-state index in [1.165, 1.54) is 0 Å². The van der Waals surface area contributed by atoms with Crippen LogP contribution in [0, 0.1) is 11.8 Å². The smallest absolute Gasteiger partial charge is 0.245 e. The van der Waals surface area contributed by atoms with Gasteiger partial charge in [-0.15, -0.1) is 0 Å². The Morgan fingerprint density at radius 3 is 2.19 bits per heavy atom. The summed E-state index contributed by atoms with van der Waals surface area (Å²) in [6.07, 6.45) is 2.27. The zero-order valence-corrected chi connectivity index (χ0v) is 14.7. The highest BCUT2D eigenvalue weighted by molar-refractivity contribution is 7.84. The lowest BCUT2D eigenvalue weighted by molar-refractivity contribution is -0.151. The van der Waals surface area contributed by atoms with Crippen molar-refractivity contribution >= 4 is 22.6 Å². The van der Waals surface area contributed by atoms with E-state index in [0.717, 1.165) is 0 Å². The molecule has 0 aromatic rings. The van der Waals surface area contributed by atoms with Crippen LogP contribution in [0.1, 0.15) is 41.0 Å². The number of amides is 2. The van der Waals surface area contributed by atoms with E-state index in [1.807, 2.05) is 34.6 Å². The van der Waals surface area contributed by atoms with E-state index in [0.29, 0.717) is 18.9 Å². The summed E-state index contributed by atoms with van der Waals surface area (Å²) in [5, 5.41) is 2.72. The van der Waals surface area contributed by atoms with Gasteiger partial charge in [-0.2, -0.15) is 0 Å². The standard InChI is InChI=1S/C15H28N2O3S/c1-9(2)7-12-15(19)17(8-11(5)21(6)20)13(10(3)4)14(18)16-12/h9-13H,7-8H2,1-6H3,(H,16,18). The maximum atomic E-state index is 12.7. The second-order valence-corrected chi connectivity index (χ2v) is 8.48. The second-order valence-electron chi connectivity index (χ2n) is 6.68. The lowest BCUT2D eigenvalue weighted by Crippen LogP contribution is -2.66. The number of hydrogen-bond acceptors (Lipinski definition) is 3. The van der Waals surface area contributed by atoms with Crippen molar-refractivity contribution in [1.82, 2.24) is 10.2 Å². The predicted octanol–water partition coefficient (Wildman–Crippen LogP) is 1.15. The normalized spacial score (nSPS) is 26.2. The molecule has 6 heteroatoms. The summed E-state index contributed by atoms with van der Waals surface area (Å²) < 4.78 is 11.6. The van der Waals surface area contributed by atoms with Gasteiger partial charge in [0.2, 0.25) is 11.8 Å². The molecule has 2 amide bonds. The summed E-state index contributed by atoms with van der Waals surface area (Å²) in [4.78, 5) is 26.7. The Kier molecular flexibility index (Phi) is 6.38. The number of nitrogens with zero attached hydrogens (tertiary/aromatic N) is 1. The molecule has 0 aromatic carbocycles. The van der Waals surface area contributed by atoms with Crippen LogP contribution in [0.3, 0.4) is 0 Å².